The maximum absolute atomic E-state index is 13.0. The Kier molecular flexibility index (Phi) is 5.36. The molecule has 2 heterocycles. The van der Waals surface area contributed by atoms with E-state index in [2.05, 4.69) is 22.0 Å². The number of nitrogens with zero attached hydrogens (tertiary/aromatic N) is 3. The molecule has 6 heteroatoms. The highest BCUT2D eigenvalue weighted by molar-refractivity contribution is 5.82. The summed E-state index contributed by atoms with van der Waals surface area (Å²) in [5.74, 6) is 0.0287. The minimum atomic E-state index is -0.207. The number of piperazine rings is 2. The third-order valence-electron chi connectivity index (χ3n) is 5.20. The van der Waals surface area contributed by atoms with Crippen molar-refractivity contribution in [2.75, 3.05) is 50.7 Å². The number of hydrogen-bond acceptors (Lipinski definition) is 4. The van der Waals surface area contributed by atoms with Crippen molar-refractivity contribution in [3.05, 3.63) is 30.1 Å². The van der Waals surface area contributed by atoms with Crippen LogP contribution in [0.1, 0.15) is 13.8 Å². The number of rotatable bonds is 3. The van der Waals surface area contributed by atoms with Crippen molar-refractivity contribution in [3.8, 4) is 0 Å². The topological polar surface area (TPSA) is 38.8 Å². The Bertz CT molecular complexity index is 557. The molecule has 1 amide bonds. The van der Waals surface area contributed by atoms with Crippen LogP contribution in [0.2, 0.25) is 0 Å². The molecule has 0 bridgehead atoms. The molecule has 1 aromatic carbocycles. The van der Waals surface area contributed by atoms with Crippen LogP contribution >= 0.6 is 0 Å². The Morgan fingerprint density at radius 3 is 2.46 bits per heavy atom. The molecular formula is C18H27FN4O. The molecule has 132 valence electrons. The second-order valence-electron chi connectivity index (χ2n) is 6.76. The van der Waals surface area contributed by atoms with Gasteiger partial charge in [-0.2, -0.15) is 0 Å². The van der Waals surface area contributed by atoms with Crippen LogP contribution in [0, 0.1) is 5.82 Å². The summed E-state index contributed by atoms with van der Waals surface area (Å²) >= 11 is 0. The number of carbonyl (C=O) groups is 1. The summed E-state index contributed by atoms with van der Waals surface area (Å²) in [5, 5.41) is 3.32. The van der Waals surface area contributed by atoms with Crippen LogP contribution in [0.4, 0.5) is 10.1 Å². The molecule has 0 saturated carbocycles. The molecule has 2 saturated heterocycles. The summed E-state index contributed by atoms with van der Waals surface area (Å²) in [6, 6.07) is 6.82. The van der Waals surface area contributed by atoms with Crippen LogP contribution in [0.3, 0.4) is 0 Å². The zero-order chi connectivity index (χ0) is 17.1. The Labute approximate surface area is 143 Å². The highest BCUT2D eigenvalue weighted by Gasteiger charge is 2.31. The minimum Gasteiger partial charge on any atom is -0.369 e. The molecule has 2 aliphatic rings. The van der Waals surface area contributed by atoms with Crippen molar-refractivity contribution >= 4 is 11.6 Å². The van der Waals surface area contributed by atoms with E-state index in [1.54, 1.807) is 0 Å². The molecule has 1 N–H and O–H groups in total. The molecule has 2 atom stereocenters. The van der Waals surface area contributed by atoms with Gasteiger partial charge < -0.3 is 15.1 Å². The number of halogens is 1. The third kappa shape index (κ3) is 3.70. The van der Waals surface area contributed by atoms with E-state index in [-0.39, 0.29) is 23.8 Å². The van der Waals surface area contributed by atoms with Gasteiger partial charge in [0.2, 0.25) is 5.91 Å². The zero-order valence-corrected chi connectivity index (χ0v) is 14.5. The van der Waals surface area contributed by atoms with Crippen molar-refractivity contribution < 1.29 is 9.18 Å². The molecular weight excluding hydrogens is 307 g/mol. The van der Waals surface area contributed by atoms with Gasteiger partial charge in [0.05, 0.1) is 6.04 Å². The number of nitrogens with one attached hydrogen (secondary N) is 1. The highest BCUT2D eigenvalue weighted by Crippen LogP contribution is 2.18. The Hall–Kier alpha value is -1.66. The van der Waals surface area contributed by atoms with Gasteiger partial charge in [0.1, 0.15) is 5.82 Å². The summed E-state index contributed by atoms with van der Waals surface area (Å²) in [7, 11) is 0. The third-order valence-corrected chi connectivity index (χ3v) is 5.20. The molecule has 0 aromatic heterocycles. The summed E-state index contributed by atoms with van der Waals surface area (Å²) < 4.78 is 13.0. The zero-order valence-electron chi connectivity index (χ0n) is 14.5. The van der Waals surface area contributed by atoms with Crippen LogP contribution in [-0.4, -0.2) is 73.6 Å². The fourth-order valence-electron chi connectivity index (χ4n) is 3.58. The standard InChI is InChI=1S/C18H27FN4O/c1-14-13-20-7-8-23(14)18(24)15(2)21-9-11-22(12-10-21)17-5-3-16(19)4-6-17/h3-6,14-15,20H,7-13H2,1-2H3/t14-,15?/m0/s1. The average Bonchev–Trinajstić information content (AvgIpc) is 2.62. The predicted molar refractivity (Wildman–Crippen MR) is 93.7 cm³/mol. The normalized spacial score (nSPS) is 24.0. The smallest absolute Gasteiger partial charge is 0.239 e. The first-order valence-electron chi connectivity index (χ1n) is 8.82. The molecule has 2 fully saturated rings. The lowest BCUT2D eigenvalue weighted by atomic mass is 10.1. The lowest BCUT2D eigenvalue weighted by Crippen LogP contribution is -2.59. The summed E-state index contributed by atoms with van der Waals surface area (Å²) in [5.41, 5.74) is 1.05. The minimum absolute atomic E-state index is 0.0825. The number of benzene rings is 1. The molecule has 0 radical (unpaired) electrons. The number of hydrogen-bond donors (Lipinski definition) is 1. The molecule has 3 rings (SSSR count). The first-order valence-corrected chi connectivity index (χ1v) is 8.82. The molecule has 1 unspecified atom stereocenters. The monoisotopic (exact) mass is 334 g/mol. The van der Waals surface area contributed by atoms with E-state index in [1.165, 1.54) is 12.1 Å². The van der Waals surface area contributed by atoms with Gasteiger partial charge in [-0.3, -0.25) is 9.69 Å². The number of anilines is 1. The molecule has 5 nitrogen and oxygen atoms in total. The fourth-order valence-corrected chi connectivity index (χ4v) is 3.58. The van der Waals surface area contributed by atoms with Crippen molar-refractivity contribution in [3.63, 3.8) is 0 Å². The molecule has 0 aliphatic carbocycles. The van der Waals surface area contributed by atoms with E-state index in [1.807, 2.05) is 24.0 Å². The van der Waals surface area contributed by atoms with Crippen molar-refractivity contribution in [2.24, 2.45) is 0 Å². The Morgan fingerprint density at radius 1 is 1.17 bits per heavy atom. The predicted octanol–water partition coefficient (Wildman–Crippen LogP) is 1.16. The van der Waals surface area contributed by atoms with E-state index >= 15 is 0 Å². The van der Waals surface area contributed by atoms with Gasteiger partial charge >= 0.3 is 0 Å². The van der Waals surface area contributed by atoms with Crippen LogP contribution in [0.5, 0.6) is 0 Å². The maximum Gasteiger partial charge on any atom is 0.239 e. The fraction of sp³-hybridized carbons (Fsp3) is 0.611. The van der Waals surface area contributed by atoms with Gasteiger partial charge in [0, 0.05) is 57.5 Å². The van der Waals surface area contributed by atoms with Gasteiger partial charge in [-0.15, -0.1) is 0 Å². The van der Waals surface area contributed by atoms with E-state index in [4.69, 9.17) is 0 Å². The van der Waals surface area contributed by atoms with E-state index < -0.39 is 0 Å². The Morgan fingerprint density at radius 2 is 1.83 bits per heavy atom. The van der Waals surface area contributed by atoms with E-state index in [0.29, 0.717) is 0 Å². The van der Waals surface area contributed by atoms with Gasteiger partial charge in [-0.1, -0.05) is 0 Å². The van der Waals surface area contributed by atoms with Crippen LogP contribution < -0.4 is 10.2 Å². The van der Waals surface area contributed by atoms with Gasteiger partial charge in [0.25, 0.3) is 0 Å². The van der Waals surface area contributed by atoms with Gasteiger partial charge in [-0.05, 0) is 38.1 Å². The van der Waals surface area contributed by atoms with Crippen molar-refractivity contribution in [1.29, 1.82) is 0 Å². The summed E-state index contributed by atoms with van der Waals surface area (Å²) in [6.45, 7) is 10.1. The molecule has 24 heavy (non-hydrogen) atoms. The summed E-state index contributed by atoms with van der Waals surface area (Å²) in [6.07, 6.45) is 0. The first kappa shape index (κ1) is 17.2. The van der Waals surface area contributed by atoms with Crippen LogP contribution in [0.25, 0.3) is 0 Å². The quantitative estimate of drug-likeness (QED) is 0.900. The maximum atomic E-state index is 13.0. The average molecular weight is 334 g/mol. The van der Waals surface area contributed by atoms with Gasteiger partial charge in [0.15, 0.2) is 0 Å². The van der Waals surface area contributed by atoms with Gasteiger partial charge in [-0.25, -0.2) is 4.39 Å². The van der Waals surface area contributed by atoms with Crippen molar-refractivity contribution in [1.82, 2.24) is 15.1 Å². The lowest BCUT2D eigenvalue weighted by molar-refractivity contribution is -0.139. The second kappa shape index (κ2) is 7.49. The van der Waals surface area contributed by atoms with E-state index in [9.17, 15) is 9.18 Å². The van der Waals surface area contributed by atoms with Crippen molar-refractivity contribution in [2.45, 2.75) is 25.9 Å². The molecule has 1 aromatic rings. The molecule has 2 aliphatic heterocycles. The van der Waals surface area contributed by atoms with Crippen LogP contribution in [-0.2, 0) is 4.79 Å². The summed E-state index contributed by atoms with van der Waals surface area (Å²) in [4.78, 5) is 19.3. The lowest BCUT2D eigenvalue weighted by Gasteiger charge is -2.42. The largest absolute Gasteiger partial charge is 0.369 e. The molecule has 0 spiro atoms. The number of amides is 1. The first-order chi connectivity index (χ1) is 11.6. The van der Waals surface area contributed by atoms with E-state index in [0.717, 1.165) is 51.5 Å². The SMILES string of the molecule is CC(C(=O)N1CCNC[C@@H]1C)N1CCN(c2ccc(F)cc2)CC1. The number of carbonyl (C=O) groups excluding carboxylic acids is 1. The second-order valence-corrected chi connectivity index (χ2v) is 6.76. The van der Waals surface area contributed by atoms with Crippen LogP contribution in [0.15, 0.2) is 24.3 Å². The Balaban J connectivity index is 1.55. The highest BCUT2D eigenvalue weighted by atomic mass is 19.1.